The number of rotatable bonds is 4. The molecule has 0 N–H and O–H groups in total. The number of nitriles is 1. The van der Waals surface area contributed by atoms with E-state index in [1.54, 1.807) is 31.4 Å². The summed E-state index contributed by atoms with van der Waals surface area (Å²) in [5, 5.41) is 9.04. The van der Waals surface area contributed by atoms with Crippen LogP contribution in [0.15, 0.2) is 54.6 Å². The molecule has 0 aromatic heterocycles. The molecule has 0 spiro atoms. The Kier molecular flexibility index (Phi) is 4.93. The van der Waals surface area contributed by atoms with Crippen LogP contribution in [0.5, 0.6) is 0 Å². The normalized spacial score (nSPS) is 19.9. The van der Waals surface area contributed by atoms with E-state index in [9.17, 15) is 4.79 Å². The van der Waals surface area contributed by atoms with Crippen molar-refractivity contribution in [3.05, 3.63) is 71.3 Å². The zero-order valence-electron chi connectivity index (χ0n) is 13.7. The molecule has 1 aliphatic heterocycles. The first-order valence-electron chi connectivity index (χ1n) is 8.11. The number of nitrogens with zero attached hydrogens (tertiary/aromatic N) is 2. The van der Waals surface area contributed by atoms with Gasteiger partial charge in [0.15, 0.2) is 0 Å². The molecule has 0 bridgehead atoms. The lowest BCUT2D eigenvalue weighted by Crippen LogP contribution is -2.41. The molecule has 122 valence electrons. The predicted molar refractivity (Wildman–Crippen MR) is 91.5 cm³/mol. The minimum absolute atomic E-state index is 0.00985. The highest BCUT2D eigenvalue weighted by Crippen LogP contribution is 2.26. The van der Waals surface area contributed by atoms with E-state index in [0.29, 0.717) is 17.7 Å². The smallest absolute Gasteiger partial charge is 0.254 e. The highest BCUT2D eigenvalue weighted by Gasteiger charge is 2.37. The van der Waals surface area contributed by atoms with E-state index in [1.165, 1.54) is 5.56 Å². The molecular formula is C20H20N2O2. The molecule has 3 rings (SSSR count). The van der Waals surface area contributed by atoms with Crippen LogP contribution >= 0.6 is 0 Å². The van der Waals surface area contributed by atoms with E-state index in [4.69, 9.17) is 10.00 Å². The van der Waals surface area contributed by atoms with Crippen LogP contribution in [-0.2, 0) is 11.2 Å². The minimum Gasteiger partial charge on any atom is -0.379 e. The predicted octanol–water partition coefficient (Wildman–Crippen LogP) is 3.03. The van der Waals surface area contributed by atoms with Crippen molar-refractivity contribution >= 4 is 5.91 Å². The van der Waals surface area contributed by atoms with E-state index >= 15 is 0 Å². The molecule has 0 unspecified atom stereocenters. The highest BCUT2D eigenvalue weighted by molar-refractivity contribution is 5.95. The highest BCUT2D eigenvalue weighted by atomic mass is 16.5. The van der Waals surface area contributed by atoms with Crippen molar-refractivity contribution in [3.63, 3.8) is 0 Å². The van der Waals surface area contributed by atoms with Crippen LogP contribution in [0.2, 0.25) is 0 Å². The Balaban J connectivity index is 1.84. The number of amides is 1. The maximum Gasteiger partial charge on any atom is 0.254 e. The third kappa shape index (κ3) is 3.32. The van der Waals surface area contributed by atoms with Crippen molar-refractivity contribution in [2.24, 2.45) is 0 Å². The first-order valence-corrected chi connectivity index (χ1v) is 8.11. The summed E-state index contributed by atoms with van der Waals surface area (Å²) >= 11 is 0. The monoisotopic (exact) mass is 320 g/mol. The summed E-state index contributed by atoms with van der Waals surface area (Å²) in [6, 6.07) is 19.1. The molecule has 4 heteroatoms. The summed E-state index contributed by atoms with van der Waals surface area (Å²) in [7, 11) is 1.70. The Labute approximate surface area is 142 Å². The Hall–Kier alpha value is -2.64. The molecule has 24 heavy (non-hydrogen) atoms. The third-order valence-electron chi connectivity index (χ3n) is 4.57. The van der Waals surface area contributed by atoms with Crippen LogP contribution in [0.4, 0.5) is 0 Å². The van der Waals surface area contributed by atoms with E-state index < -0.39 is 0 Å². The lowest BCUT2D eigenvalue weighted by molar-refractivity contribution is 0.0508. The fourth-order valence-electron chi connectivity index (χ4n) is 3.34. The number of benzene rings is 2. The van der Waals surface area contributed by atoms with Crippen LogP contribution in [0.25, 0.3) is 0 Å². The quantitative estimate of drug-likeness (QED) is 0.870. The molecule has 1 amide bonds. The van der Waals surface area contributed by atoms with Gasteiger partial charge in [0.1, 0.15) is 0 Å². The zero-order valence-corrected chi connectivity index (χ0v) is 13.7. The molecule has 4 nitrogen and oxygen atoms in total. The number of likely N-dealkylation sites (tertiary alicyclic amines) is 1. The summed E-state index contributed by atoms with van der Waals surface area (Å²) in [6.45, 7) is 0.672. The van der Waals surface area contributed by atoms with E-state index in [0.717, 1.165) is 12.8 Å². The first-order chi connectivity index (χ1) is 11.7. The van der Waals surface area contributed by atoms with Crippen LogP contribution < -0.4 is 0 Å². The number of hydrogen-bond donors (Lipinski definition) is 0. The van der Waals surface area contributed by atoms with Gasteiger partial charge in [-0.25, -0.2) is 0 Å². The Bertz CT molecular complexity index is 752. The molecule has 1 aliphatic rings. The van der Waals surface area contributed by atoms with Gasteiger partial charge in [-0.05, 0) is 36.6 Å². The number of methoxy groups -OCH3 is 1. The van der Waals surface area contributed by atoms with Crippen molar-refractivity contribution in [3.8, 4) is 6.07 Å². The molecule has 2 aromatic rings. The van der Waals surface area contributed by atoms with Gasteiger partial charge < -0.3 is 9.64 Å². The first kappa shape index (κ1) is 16.2. The second kappa shape index (κ2) is 7.29. The standard InChI is InChI=1S/C20H20N2O2/c1-24-19-10-11-22(18(19)13-15-6-3-2-4-7-15)20(23)17-9-5-8-16(12-17)14-21/h2-9,12,18-19H,10-11,13H2,1H3/t18-,19+/m0/s1. The van der Waals surface area contributed by atoms with Crippen molar-refractivity contribution in [1.29, 1.82) is 5.26 Å². The van der Waals surface area contributed by atoms with Gasteiger partial charge in [-0.2, -0.15) is 5.26 Å². The lowest BCUT2D eigenvalue weighted by Gasteiger charge is -2.28. The van der Waals surface area contributed by atoms with E-state index in [-0.39, 0.29) is 18.1 Å². The maximum atomic E-state index is 12.9. The summed E-state index contributed by atoms with van der Waals surface area (Å²) in [6.07, 6.45) is 1.63. The van der Waals surface area contributed by atoms with Crippen molar-refractivity contribution in [1.82, 2.24) is 4.90 Å². The lowest BCUT2D eigenvalue weighted by atomic mass is 10.0. The Morgan fingerprint density at radius 3 is 2.75 bits per heavy atom. The molecule has 2 atom stereocenters. The fourth-order valence-corrected chi connectivity index (χ4v) is 3.34. The van der Waals surface area contributed by atoms with Crippen molar-refractivity contribution in [2.75, 3.05) is 13.7 Å². The molecule has 1 saturated heterocycles. The van der Waals surface area contributed by atoms with Gasteiger partial charge in [-0.1, -0.05) is 36.4 Å². The van der Waals surface area contributed by atoms with Gasteiger partial charge in [0.05, 0.1) is 23.8 Å². The number of carbonyl (C=O) groups excluding carboxylic acids is 1. The summed E-state index contributed by atoms with van der Waals surface area (Å²) < 4.78 is 5.61. The Morgan fingerprint density at radius 2 is 2.04 bits per heavy atom. The number of hydrogen-bond acceptors (Lipinski definition) is 3. The Morgan fingerprint density at radius 1 is 1.25 bits per heavy atom. The topological polar surface area (TPSA) is 53.3 Å². The molecule has 0 saturated carbocycles. The van der Waals surface area contributed by atoms with E-state index in [2.05, 4.69) is 18.2 Å². The van der Waals surface area contributed by atoms with Gasteiger partial charge in [0.25, 0.3) is 5.91 Å². The summed E-state index contributed by atoms with van der Waals surface area (Å²) in [5.41, 5.74) is 2.25. The molecule has 1 fully saturated rings. The number of carbonyl (C=O) groups is 1. The van der Waals surface area contributed by atoms with Gasteiger partial charge >= 0.3 is 0 Å². The molecule has 0 radical (unpaired) electrons. The van der Waals surface area contributed by atoms with Crippen LogP contribution in [0, 0.1) is 11.3 Å². The molecule has 1 heterocycles. The second-order valence-corrected chi connectivity index (χ2v) is 6.01. The molecule has 2 aromatic carbocycles. The average molecular weight is 320 g/mol. The largest absolute Gasteiger partial charge is 0.379 e. The van der Waals surface area contributed by atoms with Gasteiger partial charge in [0, 0.05) is 19.2 Å². The summed E-state index contributed by atoms with van der Waals surface area (Å²) in [4.78, 5) is 14.8. The average Bonchev–Trinajstić information content (AvgIpc) is 3.04. The van der Waals surface area contributed by atoms with Crippen LogP contribution in [0.1, 0.15) is 27.9 Å². The van der Waals surface area contributed by atoms with Crippen LogP contribution in [-0.4, -0.2) is 36.6 Å². The fraction of sp³-hybridized carbons (Fsp3) is 0.300. The van der Waals surface area contributed by atoms with Crippen molar-refractivity contribution < 1.29 is 9.53 Å². The van der Waals surface area contributed by atoms with Gasteiger partial charge in [-0.3, -0.25) is 4.79 Å². The second-order valence-electron chi connectivity index (χ2n) is 6.01. The van der Waals surface area contributed by atoms with E-state index in [1.807, 2.05) is 23.1 Å². The maximum absolute atomic E-state index is 12.9. The van der Waals surface area contributed by atoms with Gasteiger partial charge in [0.2, 0.25) is 0 Å². The summed E-state index contributed by atoms with van der Waals surface area (Å²) in [5.74, 6) is -0.0346. The van der Waals surface area contributed by atoms with Crippen LogP contribution in [0.3, 0.4) is 0 Å². The minimum atomic E-state index is -0.0346. The van der Waals surface area contributed by atoms with Crippen molar-refractivity contribution in [2.45, 2.75) is 25.0 Å². The zero-order chi connectivity index (χ0) is 16.9. The molecule has 0 aliphatic carbocycles. The van der Waals surface area contributed by atoms with Gasteiger partial charge in [-0.15, -0.1) is 0 Å². The molecular weight excluding hydrogens is 300 g/mol. The SMILES string of the molecule is CO[C@@H]1CCN(C(=O)c2cccc(C#N)c2)[C@H]1Cc1ccccc1. The number of ether oxygens (including phenoxy) is 1. The third-order valence-corrected chi connectivity index (χ3v) is 4.57.